The first kappa shape index (κ1) is 15.1. The first-order valence-corrected chi connectivity index (χ1v) is 7.57. The number of rotatable bonds is 10. The summed E-state index contributed by atoms with van der Waals surface area (Å²) in [6.07, 6.45) is 8.65. The molecule has 0 spiro atoms. The molecule has 2 atom stereocenters. The number of aldehydes is 1. The number of hydrogen-bond donors (Lipinski definition) is 0. The van der Waals surface area contributed by atoms with Crippen molar-refractivity contribution in [2.75, 3.05) is 6.66 Å². The minimum Gasteiger partial charge on any atom is -0.367 e. The molecule has 0 aliphatic rings. The average molecular weight is 228 g/mol. The van der Waals surface area contributed by atoms with Crippen molar-refractivity contribution in [3.63, 3.8) is 0 Å². The molecule has 2 radical (unpaired) electrons. The van der Waals surface area contributed by atoms with Crippen molar-refractivity contribution in [1.29, 1.82) is 0 Å². The second kappa shape index (κ2) is 10.6. The van der Waals surface area contributed by atoms with Gasteiger partial charge in [-0.15, -0.1) is 0 Å². The highest BCUT2D eigenvalue weighted by Crippen LogP contribution is 2.29. The molecule has 1 unspecified atom stereocenters. The summed E-state index contributed by atoms with van der Waals surface area (Å²) < 4.78 is 5.51. The Hall–Kier alpha value is 0.125. The Morgan fingerprint density at radius 3 is 2.53 bits per heavy atom. The molecule has 4 heteroatoms. The van der Waals surface area contributed by atoms with E-state index in [2.05, 4.69) is 6.92 Å². The van der Waals surface area contributed by atoms with Crippen LogP contribution in [0, 0.1) is 0 Å². The maximum absolute atomic E-state index is 10.4. The van der Waals surface area contributed by atoms with Crippen LogP contribution in [0.25, 0.3) is 0 Å². The lowest BCUT2D eigenvalue weighted by molar-refractivity contribution is -0.109. The van der Waals surface area contributed by atoms with Gasteiger partial charge in [0.2, 0.25) is 0 Å². The molecule has 2 nitrogen and oxygen atoms in total. The van der Waals surface area contributed by atoms with Gasteiger partial charge in [0.15, 0.2) is 0 Å². The maximum Gasteiger partial charge on any atom is 0.148 e. The topological polar surface area (TPSA) is 26.3 Å². The minimum atomic E-state index is -0.838. The second-order valence-electron chi connectivity index (χ2n) is 3.88. The summed E-state index contributed by atoms with van der Waals surface area (Å²) in [5.41, 5.74) is 0. The van der Waals surface area contributed by atoms with E-state index in [4.69, 9.17) is 12.1 Å². The molecular weight excluding hydrogens is 206 g/mol. The van der Waals surface area contributed by atoms with E-state index in [1.807, 2.05) is 6.66 Å². The van der Waals surface area contributed by atoms with Gasteiger partial charge in [-0.25, -0.2) is 0 Å². The lowest BCUT2D eigenvalue weighted by Crippen LogP contribution is -2.10. The lowest BCUT2D eigenvalue weighted by Gasteiger charge is -2.18. The fraction of sp³-hybridized carbons (Fsp3) is 0.909. The molecule has 0 aromatic heterocycles. The molecule has 86 valence electrons. The fourth-order valence-corrected chi connectivity index (χ4v) is 2.19. The molecular formula is C11H22BO2P. The Balaban J connectivity index is 3.52. The van der Waals surface area contributed by atoms with Crippen LogP contribution in [0.15, 0.2) is 0 Å². The number of unbranched alkanes of at least 4 members (excludes halogenated alkanes) is 4. The summed E-state index contributed by atoms with van der Waals surface area (Å²) in [6.45, 7) is 4.07. The number of carbonyl (C=O) groups is 1. The van der Waals surface area contributed by atoms with Gasteiger partial charge >= 0.3 is 0 Å². The third kappa shape index (κ3) is 10.4. The zero-order chi connectivity index (χ0) is 11.5. The van der Waals surface area contributed by atoms with Gasteiger partial charge in [0.25, 0.3) is 0 Å². The molecule has 15 heavy (non-hydrogen) atoms. The predicted octanol–water partition coefficient (Wildman–Crippen LogP) is 3.43. The summed E-state index contributed by atoms with van der Waals surface area (Å²) >= 11 is 0. The van der Waals surface area contributed by atoms with E-state index in [-0.39, 0.29) is 6.10 Å². The molecule has 0 aromatic rings. The maximum atomic E-state index is 10.4. The van der Waals surface area contributed by atoms with Gasteiger partial charge < -0.3 is 9.32 Å². The Kier molecular flexibility index (Phi) is 10.7. The first-order valence-electron chi connectivity index (χ1n) is 5.79. The van der Waals surface area contributed by atoms with Crippen molar-refractivity contribution in [1.82, 2.24) is 0 Å². The van der Waals surface area contributed by atoms with Crippen LogP contribution in [0.4, 0.5) is 0 Å². The van der Waals surface area contributed by atoms with Crippen LogP contribution < -0.4 is 0 Å². The van der Waals surface area contributed by atoms with Crippen molar-refractivity contribution in [3.05, 3.63) is 0 Å². The van der Waals surface area contributed by atoms with E-state index >= 15 is 0 Å². The molecule has 0 N–H and O–H groups in total. The van der Waals surface area contributed by atoms with Crippen molar-refractivity contribution < 1.29 is 9.32 Å². The summed E-state index contributed by atoms with van der Waals surface area (Å²) in [5.74, 6) is 0. The summed E-state index contributed by atoms with van der Waals surface area (Å²) in [6, 6.07) is 0. The average Bonchev–Trinajstić information content (AvgIpc) is 2.17. The summed E-state index contributed by atoms with van der Waals surface area (Å²) in [7, 11) is 4.76. The summed E-state index contributed by atoms with van der Waals surface area (Å²) in [5, 5.41) is 0. The first-order chi connectivity index (χ1) is 7.20. The monoisotopic (exact) mass is 228 g/mol. The van der Waals surface area contributed by atoms with Crippen molar-refractivity contribution in [2.45, 2.75) is 58.0 Å². The predicted molar refractivity (Wildman–Crippen MR) is 67.5 cm³/mol. The highest BCUT2D eigenvalue weighted by atomic mass is 31.1. The Bertz CT molecular complexity index is 154. The molecule has 0 heterocycles. The lowest BCUT2D eigenvalue weighted by atomic mass is 10.1. The smallest absolute Gasteiger partial charge is 0.148 e. The largest absolute Gasteiger partial charge is 0.367 e. The third-order valence-electron chi connectivity index (χ3n) is 2.30. The van der Waals surface area contributed by atoms with E-state index in [1.54, 1.807) is 0 Å². The van der Waals surface area contributed by atoms with Crippen molar-refractivity contribution in [3.8, 4) is 0 Å². The minimum absolute atomic E-state index is 0.0465. The highest BCUT2D eigenvalue weighted by Gasteiger charge is 2.09. The third-order valence-corrected chi connectivity index (χ3v) is 2.93. The number of carbonyl (C=O) groups excluding carboxylic acids is 1. The zero-order valence-corrected chi connectivity index (χ0v) is 10.8. The Morgan fingerprint density at radius 1 is 1.33 bits per heavy atom. The molecule has 0 aliphatic heterocycles. The zero-order valence-electron chi connectivity index (χ0n) is 9.95. The van der Waals surface area contributed by atoms with E-state index in [0.29, 0.717) is 6.42 Å². The van der Waals surface area contributed by atoms with E-state index in [1.165, 1.54) is 25.7 Å². The molecule has 0 bridgehead atoms. The van der Waals surface area contributed by atoms with Crippen molar-refractivity contribution >= 4 is 21.9 Å². The molecule has 0 fully saturated rings. The van der Waals surface area contributed by atoms with E-state index < -0.39 is 8.03 Å². The molecule has 0 rings (SSSR count). The molecule has 0 aliphatic carbocycles. The highest BCUT2D eigenvalue weighted by molar-refractivity contribution is 7.77. The molecule has 0 saturated heterocycles. The number of hydrogen-bond acceptors (Lipinski definition) is 2. The van der Waals surface area contributed by atoms with Gasteiger partial charge in [0, 0.05) is 6.42 Å². The van der Waals surface area contributed by atoms with E-state index in [0.717, 1.165) is 19.1 Å². The quantitative estimate of drug-likeness (QED) is 0.248. The van der Waals surface area contributed by atoms with Gasteiger partial charge in [-0.3, -0.25) is 0 Å². The fourth-order valence-electron chi connectivity index (χ4n) is 1.53. The standard InChI is InChI=1S/C11H22BO2P/c1-3-4-5-6-7-8-11(9-10-13)14-15(2)12/h10-11H,3-9H2,1-2H3/t11-,15?/m1/s1. The van der Waals surface area contributed by atoms with E-state index in [9.17, 15) is 4.79 Å². The van der Waals surface area contributed by atoms with Gasteiger partial charge in [0.05, 0.1) is 6.10 Å². The normalized spacial score (nSPS) is 14.8. The van der Waals surface area contributed by atoms with Gasteiger partial charge in [0.1, 0.15) is 13.9 Å². The Morgan fingerprint density at radius 2 is 2.00 bits per heavy atom. The molecule has 0 saturated carbocycles. The van der Waals surface area contributed by atoms with Crippen LogP contribution >= 0.6 is 8.03 Å². The van der Waals surface area contributed by atoms with Crippen LogP contribution in [-0.4, -0.2) is 26.6 Å². The second-order valence-corrected chi connectivity index (χ2v) is 5.18. The summed E-state index contributed by atoms with van der Waals surface area (Å²) in [4.78, 5) is 10.4. The molecule has 0 amide bonds. The van der Waals surface area contributed by atoms with Crippen LogP contribution in [-0.2, 0) is 9.32 Å². The van der Waals surface area contributed by atoms with Gasteiger partial charge in [-0.05, 0) is 21.1 Å². The molecule has 0 aromatic carbocycles. The van der Waals surface area contributed by atoms with Crippen LogP contribution in [0.1, 0.15) is 51.9 Å². The van der Waals surface area contributed by atoms with Gasteiger partial charge in [-0.1, -0.05) is 39.0 Å². The van der Waals surface area contributed by atoms with Crippen LogP contribution in [0.2, 0.25) is 0 Å². The Labute approximate surface area is 96.4 Å². The van der Waals surface area contributed by atoms with Crippen LogP contribution in [0.3, 0.4) is 0 Å². The SMILES string of the molecule is [B]P(C)O[C@@H](CC=O)CCCCCCC. The van der Waals surface area contributed by atoms with Gasteiger partial charge in [-0.2, -0.15) is 0 Å². The van der Waals surface area contributed by atoms with Crippen molar-refractivity contribution in [2.24, 2.45) is 0 Å². The van der Waals surface area contributed by atoms with Crippen LogP contribution in [0.5, 0.6) is 0 Å².